The van der Waals surface area contributed by atoms with Crippen LogP contribution in [0.3, 0.4) is 0 Å². The standard InChI is InChI=1S/C17H23N3O/c1-13(2)16(17(21)14-6-4-3-5-7-14)20-11-10-19-9-8-18-15(19)12-20/h3-9,13,16-17,21H,10-12H2,1-2H3. The number of aliphatic hydroxyl groups excluding tert-OH is 1. The van der Waals surface area contributed by atoms with Gasteiger partial charge in [-0.3, -0.25) is 4.90 Å². The Morgan fingerprint density at radius 2 is 1.90 bits per heavy atom. The van der Waals surface area contributed by atoms with Crippen LogP contribution in [0.4, 0.5) is 0 Å². The van der Waals surface area contributed by atoms with Crippen LogP contribution in [0.5, 0.6) is 0 Å². The van der Waals surface area contributed by atoms with Gasteiger partial charge in [0.1, 0.15) is 5.82 Å². The third-order valence-corrected chi connectivity index (χ3v) is 4.34. The van der Waals surface area contributed by atoms with Gasteiger partial charge in [-0.05, 0) is 11.5 Å². The van der Waals surface area contributed by atoms with Crippen molar-refractivity contribution < 1.29 is 5.11 Å². The number of nitrogens with zero attached hydrogens (tertiary/aromatic N) is 3. The Balaban J connectivity index is 1.82. The van der Waals surface area contributed by atoms with Crippen molar-refractivity contribution in [1.29, 1.82) is 0 Å². The molecular formula is C17H23N3O. The van der Waals surface area contributed by atoms with E-state index in [1.165, 1.54) is 0 Å². The summed E-state index contributed by atoms with van der Waals surface area (Å²) in [5.74, 6) is 1.47. The van der Waals surface area contributed by atoms with Crippen LogP contribution in [0.2, 0.25) is 0 Å². The fourth-order valence-corrected chi connectivity index (χ4v) is 3.28. The van der Waals surface area contributed by atoms with Gasteiger partial charge in [0, 0.05) is 31.5 Å². The van der Waals surface area contributed by atoms with Crippen molar-refractivity contribution in [2.45, 2.75) is 39.1 Å². The van der Waals surface area contributed by atoms with Crippen LogP contribution in [0.25, 0.3) is 0 Å². The van der Waals surface area contributed by atoms with Crippen molar-refractivity contribution in [1.82, 2.24) is 14.5 Å². The molecule has 0 bridgehead atoms. The quantitative estimate of drug-likeness (QED) is 0.938. The third kappa shape index (κ3) is 2.87. The summed E-state index contributed by atoms with van der Waals surface area (Å²) in [6.45, 7) is 7.06. The molecule has 1 aliphatic rings. The van der Waals surface area contributed by atoms with Gasteiger partial charge in [0.2, 0.25) is 0 Å². The van der Waals surface area contributed by atoms with Gasteiger partial charge in [0.25, 0.3) is 0 Å². The first-order valence-corrected chi connectivity index (χ1v) is 7.64. The van der Waals surface area contributed by atoms with E-state index in [1.54, 1.807) is 0 Å². The lowest BCUT2D eigenvalue weighted by atomic mass is 9.91. The number of aromatic nitrogens is 2. The summed E-state index contributed by atoms with van der Waals surface area (Å²) in [6.07, 6.45) is 3.43. The highest BCUT2D eigenvalue weighted by Gasteiger charge is 2.32. The van der Waals surface area contributed by atoms with Gasteiger partial charge < -0.3 is 9.67 Å². The van der Waals surface area contributed by atoms with Gasteiger partial charge in [-0.2, -0.15) is 0 Å². The normalized spacial score (nSPS) is 18.5. The first-order chi connectivity index (χ1) is 10.2. The Hall–Kier alpha value is -1.65. The Morgan fingerprint density at radius 3 is 2.62 bits per heavy atom. The van der Waals surface area contributed by atoms with E-state index >= 15 is 0 Å². The van der Waals surface area contributed by atoms with Crippen LogP contribution in [0.15, 0.2) is 42.7 Å². The molecule has 21 heavy (non-hydrogen) atoms. The number of rotatable bonds is 4. The molecule has 1 aromatic heterocycles. The molecule has 4 nitrogen and oxygen atoms in total. The fourth-order valence-electron chi connectivity index (χ4n) is 3.28. The van der Waals surface area contributed by atoms with Crippen LogP contribution in [0, 0.1) is 5.92 Å². The largest absolute Gasteiger partial charge is 0.387 e. The number of fused-ring (bicyclic) bond motifs is 1. The SMILES string of the molecule is CC(C)C(C(O)c1ccccc1)N1CCn2ccnc2C1. The fraction of sp³-hybridized carbons (Fsp3) is 0.471. The zero-order valence-electron chi connectivity index (χ0n) is 12.7. The minimum absolute atomic E-state index is 0.109. The Labute approximate surface area is 126 Å². The van der Waals surface area contributed by atoms with E-state index in [-0.39, 0.29) is 6.04 Å². The lowest BCUT2D eigenvalue weighted by Gasteiger charge is -2.39. The molecule has 2 heterocycles. The Kier molecular flexibility index (Phi) is 4.08. The van der Waals surface area contributed by atoms with Crippen molar-refractivity contribution in [3.63, 3.8) is 0 Å². The van der Waals surface area contributed by atoms with Crippen molar-refractivity contribution in [3.8, 4) is 0 Å². The molecule has 0 amide bonds. The maximum atomic E-state index is 10.8. The van der Waals surface area contributed by atoms with Crippen LogP contribution >= 0.6 is 0 Å². The summed E-state index contributed by atoms with van der Waals surface area (Å²) in [5, 5.41) is 10.8. The van der Waals surface area contributed by atoms with Gasteiger partial charge >= 0.3 is 0 Å². The molecule has 0 fully saturated rings. The minimum atomic E-state index is -0.465. The van der Waals surface area contributed by atoms with Gasteiger partial charge in [-0.1, -0.05) is 44.2 Å². The number of aliphatic hydroxyl groups is 1. The van der Waals surface area contributed by atoms with Crippen LogP contribution in [-0.4, -0.2) is 32.1 Å². The topological polar surface area (TPSA) is 41.3 Å². The first kappa shape index (κ1) is 14.3. The second kappa shape index (κ2) is 6.00. The average Bonchev–Trinajstić information content (AvgIpc) is 2.95. The van der Waals surface area contributed by atoms with Crippen molar-refractivity contribution in [3.05, 3.63) is 54.1 Å². The highest BCUT2D eigenvalue weighted by Crippen LogP contribution is 2.29. The highest BCUT2D eigenvalue weighted by molar-refractivity contribution is 5.19. The number of benzene rings is 1. The van der Waals surface area contributed by atoms with E-state index in [0.717, 1.165) is 31.0 Å². The first-order valence-electron chi connectivity index (χ1n) is 7.64. The van der Waals surface area contributed by atoms with E-state index < -0.39 is 6.10 Å². The summed E-state index contributed by atoms with van der Waals surface area (Å²) < 4.78 is 2.20. The average molecular weight is 285 g/mol. The Bertz CT molecular complexity index is 579. The lowest BCUT2D eigenvalue weighted by molar-refractivity contribution is 0.00739. The second-order valence-electron chi connectivity index (χ2n) is 6.10. The molecule has 0 saturated heterocycles. The summed E-state index contributed by atoms with van der Waals surface area (Å²) in [7, 11) is 0. The molecule has 2 atom stereocenters. The molecule has 0 radical (unpaired) electrons. The predicted octanol–water partition coefficient (Wildman–Crippen LogP) is 2.46. The molecule has 1 aliphatic heterocycles. The summed E-state index contributed by atoms with van der Waals surface area (Å²) in [6, 6.07) is 10.1. The van der Waals surface area contributed by atoms with Gasteiger partial charge in [0.05, 0.1) is 12.6 Å². The van der Waals surface area contributed by atoms with Crippen molar-refractivity contribution in [2.75, 3.05) is 6.54 Å². The molecule has 4 heteroatoms. The zero-order chi connectivity index (χ0) is 14.8. The van der Waals surface area contributed by atoms with Gasteiger partial charge in [0.15, 0.2) is 0 Å². The molecule has 1 N–H and O–H groups in total. The summed E-state index contributed by atoms with van der Waals surface area (Å²) in [4.78, 5) is 6.79. The van der Waals surface area contributed by atoms with E-state index in [9.17, 15) is 5.11 Å². The molecule has 0 saturated carbocycles. The third-order valence-electron chi connectivity index (χ3n) is 4.34. The Morgan fingerprint density at radius 1 is 1.14 bits per heavy atom. The molecule has 1 aromatic carbocycles. The monoisotopic (exact) mass is 285 g/mol. The van der Waals surface area contributed by atoms with Crippen LogP contribution in [-0.2, 0) is 13.1 Å². The summed E-state index contributed by atoms with van der Waals surface area (Å²) >= 11 is 0. The van der Waals surface area contributed by atoms with Crippen molar-refractivity contribution >= 4 is 0 Å². The molecular weight excluding hydrogens is 262 g/mol. The molecule has 0 spiro atoms. The highest BCUT2D eigenvalue weighted by atomic mass is 16.3. The second-order valence-corrected chi connectivity index (χ2v) is 6.10. The minimum Gasteiger partial charge on any atom is -0.387 e. The molecule has 112 valence electrons. The van der Waals surface area contributed by atoms with E-state index in [4.69, 9.17) is 0 Å². The van der Waals surface area contributed by atoms with Crippen molar-refractivity contribution in [2.24, 2.45) is 5.92 Å². The number of hydrogen-bond acceptors (Lipinski definition) is 3. The zero-order valence-corrected chi connectivity index (χ0v) is 12.7. The number of hydrogen-bond donors (Lipinski definition) is 1. The smallest absolute Gasteiger partial charge is 0.122 e. The molecule has 0 aliphatic carbocycles. The summed E-state index contributed by atoms with van der Waals surface area (Å²) in [5.41, 5.74) is 0.991. The van der Waals surface area contributed by atoms with Gasteiger partial charge in [-0.15, -0.1) is 0 Å². The maximum absolute atomic E-state index is 10.8. The maximum Gasteiger partial charge on any atom is 0.122 e. The van der Waals surface area contributed by atoms with Gasteiger partial charge in [-0.25, -0.2) is 4.98 Å². The predicted molar refractivity (Wildman–Crippen MR) is 82.7 cm³/mol. The molecule has 3 rings (SSSR count). The van der Waals surface area contributed by atoms with E-state index in [0.29, 0.717) is 5.92 Å². The molecule has 2 unspecified atom stereocenters. The lowest BCUT2D eigenvalue weighted by Crippen LogP contribution is -2.47. The van der Waals surface area contributed by atoms with E-state index in [2.05, 4.69) is 28.3 Å². The van der Waals surface area contributed by atoms with Crippen LogP contribution < -0.4 is 0 Å². The molecule has 2 aromatic rings. The number of imidazole rings is 1. The van der Waals surface area contributed by atoms with E-state index in [1.807, 2.05) is 42.7 Å². The van der Waals surface area contributed by atoms with Crippen LogP contribution in [0.1, 0.15) is 31.3 Å².